The Bertz CT molecular complexity index is 765. The van der Waals surface area contributed by atoms with Gasteiger partial charge in [0.1, 0.15) is 5.01 Å². The Morgan fingerprint density at radius 2 is 2.04 bits per heavy atom. The Kier molecular flexibility index (Phi) is 5.44. The first-order chi connectivity index (χ1) is 11.6. The van der Waals surface area contributed by atoms with E-state index in [0.29, 0.717) is 13.1 Å². The summed E-state index contributed by atoms with van der Waals surface area (Å²) < 4.78 is 1.14. The van der Waals surface area contributed by atoms with Gasteiger partial charge in [0.05, 0.1) is 22.8 Å². The molecular weight excluding hydrogens is 340 g/mol. The molecule has 3 aromatic rings. The summed E-state index contributed by atoms with van der Waals surface area (Å²) in [5.41, 5.74) is 0.977. The molecule has 5 nitrogen and oxygen atoms in total. The monoisotopic (exact) mass is 360 g/mol. The first-order valence-electron chi connectivity index (χ1n) is 7.69. The molecular formula is C17H20N4OS2. The van der Waals surface area contributed by atoms with E-state index < -0.39 is 0 Å². The number of hydrogen-bond acceptors (Lipinski definition) is 5. The fraction of sp³-hybridized carbons (Fsp3) is 0.294. The lowest BCUT2D eigenvalue weighted by Gasteiger charge is -2.23. The molecule has 0 bridgehead atoms. The van der Waals surface area contributed by atoms with Crippen molar-refractivity contribution in [3.05, 3.63) is 51.7 Å². The molecule has 0 fully saturated rings. The number of carbonyl (C=O) groups excluding carboxylic acids is 1. The van der Waals surface area contributed by atoms with Gasteiger partial charge in [-0.15, -0.1) is 22.7 Å². The molecule has 0 aliphatic rings. The van der Waals surface area contributed by atoms with Crippen molar-refractivity contribution in [1.29, 1.82) is 0 Å². The molecule has 1 aromatic carbocycles. The number of urea groups is 1. The predicted octanol–water partition coefficient (Wildman–Crippen LogP) is 3.46. The highest BCUT2D eigenvalue weighted by molar-refractivity contribution is 7.18. The van der Waals surface area contributed by atoms with Crippen LogP contribution >= 0.6 is 22.7 Å². The molecule has 2 amide bonds. The Morgan fingerprint density at radius 3 is 2.75 bits per heavy atom. The van der Waals surface area contributed by atoms with Crippen molar-refractivity contribution in [3.63, 3.8) is 0 Å². The zero-order valence-corrected chi connectivity index (χ0v) is 15.3. The normalized spacial score (nSPS) is 12.5. The van der Waals surface area contributed by atoms with E-state index in [9.17, 15) is 4.79 Å². The third kappa shape index (κ3) is 4.11. The molecule has 2 N–H and O–H groups in total. The van der Waals surface area contributed by atoms with Gasteiger partial charge < -0.3 is 15.5 Å². The average Bonchev–Trinajstić information content (AvgIpc) is 3.22. The lowest BCUT2D eigenvalue weighted by Crippen LogP contribution is -2.40. The van der Waals surface area contributed by atoms with Crippen LogP contribution in [0.3, 0.4) is 0 Å². The number of nitrogens with zero attached hydrogens (tertiary/aromatic N) is 2. The van der Waals surface area contributed by atoms with Gasteiger partial charge in [-0.25, -0.2) is 9.78 Å². The van der Waals surface area contributed by atoms with Crippen molar-refractivity contribution in [3.8, 4) is 0 Å². The van der Waals surface area contributed by atoms with E-state index in [1.165, 1.54) is 4.88 Å². The molecule has 126 valence electrons. The van der Waals surface area contributed by atoms with Crippen LogP contribution in [0.15, 0.2) is 41.8 Å². The highest BCUT2D eigenvalue weighted by Gasteiger charge is 2.16. The van der Waals surface area contributed by atoms with E-state index in [4.69, 9.17) is 0 Å². The molecule has 2 heterocycles. The number of benzene rings is 1. The number of nitrogens with one attached hydrogen (secondary N) is 2. The SMILES string of the molecule is CN(C)C(CNC(=O)NCc1nc2ccccc2s1)c1cccs1. The van der Waals surface area contributed by atoms with E-state index in [0.717, 1.165) is 15.2 Å². The Balaban J connectivity index is 1.51. The molecule has 0 aliphatic heterocycles. The summed E-state index contributed by atoms with van der Waals surface area (Å²) in [5, 5.41) is 8.80. The minimum absolute atomic E-state index is 0.169. The molecule has 0 radical (unpaired) electrons. The number of likely N-dealkylation sites (N-methyl/N-ethyl adjacent to an activating group) is 1. The van der Waals surface area contributed by atoms with Crippen molar-refractivity contribution < 1.29 is 4.79 Å². The molecule has 1 unspecified atom stereocenters. The molecule has 3 rings (SSSR count). The van der Waals surface area contributed by atoms with E-state index in [1.54, 1.807) is 22.7 Å². The van der Waals surface area contributed by atoms with Crippen molar-refractivity contribution in [2.75, 3.05) is 20.6 Å². The number of thiazole rings is 1. The second kappa shape index (κ2) is 7.74. The third-order valence-corrected chi connectivity index (χ3v) is 5.70. The summed E-state index contributed by atoms with van der Waals surface area (Å²) in [7, 11) is 4.04. The fourth-order valence-corrected chi connectivity index (χ4v) is 4.25. The fourth-order valence-electron chi connectivity index (χ4n) is 2.42. The van der Waals surface area contributed by atoms with Gasteiger partial charge in [0.25, 0.3) is 0 Å². The molecule has 0 saturated carbocycles. The summed E-state index contributed by atoms with van der Waals surface area (Å²) in [5.74, 6) is 0. The second-order valence-electron chi connectivity index (χ2n) is 5.63. The van der Waals surface area contributed by atoms with Crippen LogP contribution in [0.1, 0.15) is 15.9 Å². The number of para-hydroxylation sites is 1. The van der Waals surface area contributed by atoms with E-state index in [1.807, 2.05) is 44.4 Å². The van der Waals surface area contributed by atoms with Crippen LogP contribution in [0.25, 0.3) is 10.2 Å². The Labute approximate surface area is 149 Å². The quantitative estimate of drug-likeness (QED) is 0.708. The molecule has 0 saturated heterocycles. The Morgan fingerprint density at radius 1 is 1.21 bits per heavy atom. The topological polar surface area (TPSA) is 57.3 Å². The van der Waals surface area contributed by atoms with Gasteiger partial charge in [0.15, 0.2) is 0 Å². The molecule has 7 heteroatoms. The summed E-state index contributed by atoms with van der Waals surface area (Å²) in [4.78, 5) is 19.9. The third-order valence-electron chi connectivity index (χ3n) is 3.69. The minimum Gasteiger partial charge on any atom is -0.336 e. The molecule has 0 spiro atoms. The Hall–Kier alpha value is -1.96. The van der Waals surface area contributed by atoms with Gasteiger partial charge in [-0.3, -0.25) is 0 Å². The second-order valence-corrected chi connectivity index (χ2v) is 7.73. The molecule has 1 atom stereocenters. The number of rotatable bonds is 6. The average molecular weight is 361 g/mol. The van der Waals surface area contributed by atoms with E-state index in [2.05, 4.69) is 32.0 Å². The van der Waals surface area contributed by atoms with Crippen molar-refractivity contribution in [2.24, 2.45) is 0 Å². The lowest BCUT2D eigenvalue weighted by atomic mass is 10.2. The summed E-state index contributed by atoms with van der Waals surface area (Å²) >= 11 is 3.31. The number of hydrogen-bond donors (Lipinski definition) is 2. The zero-order chi connectivity index (χ0) is 16.9. The first kappa shape index (κ1) is 16.9. The number of fused-ring (bicyclic) bond motifs is 1. The predicted molar refractivity (Wildman–Crippen MR) is 101 cm³/mol. The first-order valence-corrected chi connectivity index (χ1v) is 9.39. The van der Waals surface area contributed by atoms with Crippen molar-refractivity contribution in [1.82, 2.24) is 20.5 Å². The van der Waals surface area contributed by atoms with Crippen molar-refractivity contribution in [2.45, 2.75) is 12.6 Å². The summed E-state index contributed by atoms with van der Waals surface area (Å²) in [6.07, 6.45) is 0. The van der Waals surface area contributed by atoms with Gasteiger partial charge >= 0.3 is 6.03 Å². The number of thiophene rings is 1. The summed E-state index contributed by atoms with van der Waals surface area (Å²) in [6, 6.07) is 12.1. The van der Waals surface area contributed by atoms with Crippen LogP contribution in [-0.4, -0.2) is 36.6 Å². The van der Waals surface area contributed by atoms with Crippen LogP contribution in [-0.2, 0) is 6.54 Å². The van der Waals surface area contributed by atoms with Crippen LogP contribution in [0, 0.1) is 0 Å². The van der Waals surface area contributed by atoms with Gasteiger partial charge in [0.2, 0.25) is 0 Å². The number of amides is 2. The van der Waals surface area contributed by atoms with Gasteiger partial charge in [-0.05, 0) is 37.7 Å². The molecule has 24 heavy (non-hydrogen) atoms. The molecule has 0 aliphatic carbocycles. The maximum atomic E-state index is 12.1. The molecule has 2 aromatic heterocycles. The van der Waals surface area contributed by atoms with Crippen LogP contribution < -0.4 is 10.6 Å². The van der Waals surface area contributed by atoms with Gasteiger partial charge in [-0.1, -0.05) is 18.2 Å². The highest BCUT2D eigenvalue weighted by Crippen LogP contribution is 2.22. The maximum Gasteiger partial charge on any atom is 0.315 e. The minimum atomic E-state index is -0.169. The largest absolute Gasteiger partial charge is 0.336 e. The van der Waals surface area contributed by atoms with E-state index in [-0.39, 0.29) is 12.1 Å². The van der Waals surface area contributed by atoms with Crippen molar-refractivity contribution >= 4 is 38.9 Å². The van der Waals surface area contributed by atoms with Crippen LogP contribution in [0.5, 0.6) is 0 Å². The lowest BCUT2D eigenvalue weighted by molar-refractivity contribution is 0.233. The number of carbonyl (C=O) groups is 1. The van der Waals surface area contributed by atoms with Crippen LogP contribution in [0.4, 0.5) is 4.79 Å². The van der Waals surface area contributed by atoms with E-state index >= 15 is 0 Å². The smallest absolute Gasteiger partial charge is 0.315 e. The van der Waals surface area contributed by atoms with Crippen LogP contribution in [0.2, 0.25) is 0 Å². The van der Waals surface area contributed by atoms with Gasteiger partial charge in [0, 0.05) is 11.4 Å². The standard InChI is InChI=1S/C17H20N4OS2/c1-21(2)13(15-8-5-9-23-15)10-18-17(22)19-11-16-20-12-6-3-4-7-14(12)24-16/h3-9,13H,10-11H2,1-2H3,(H2,18,19,22). The van der Waals surface area contributed by atoms with Gasteiger partial charge in [-0.2, -0.15) is 0 Å². The highest BCUT2D eigenvalue weighted by atomic mass is 32.1. The maximum absolute atomic E-state index is 12.1. The zero-order valence-electron chi connectivity index (χ0n) is 13.7. The number of aromatic nitrogens is 1. The summed E-state index contributed by atoms with van der Waals surface area (Å²) in [6.45, 7) is 1.01.